The van der Waals surface area contributed by atoms with Crippen molar-refractivity contribution < 1.29 is 48.0 Å². The lowest BCUT2D eigenvalue weighted by molar-refractivity contribution is -0.140. The minimum Gasteiger partial charge on any atom is -0.488 e. The molecule has 5 aromatic rings. The number of carboxylic acid groups (broad SMARTS) is 1. The highest BCUT2D eigenvalue weighted by Crippen LogP contribution is 2.45. The number of H-pyrrole nitrogens is 2. The number of hydrogen-bond donors (Lipinski definition) is 5. The van der Waals surface area contributed by atoms with Crippen molar-refractivity contribution in [3.63, 3.8) is 0 Å². The Morgan fingerprint density at radius 1 is 0.803 bits per heavy atom. The van der Waals surface area contributed by atoms with Crippen molar-refractivity contribution in [2.75, 3.05) is 27.4 Å². The number of rotatable bonds is 11. The molecule has 4 saturated heterocycles. The van der Waals surface area contributed by atoms with Crippen LogP contribution >= 0.6 is 0 Å². The molecule has 7 heterocycles. The van der Waals surface area contributed by atoms with E-state index in [1.54, 1.807) is 7.11 Å². The molecule has 0 bridgehead atoms. The van der Waals surface area contributed by atoms with Gasteiger partial charge in [0.1, 0.15) is 36.1 Å². The number of benzene rings is 3. The molecule has 2 aromatic heterocycles. The molecule has 5 N–H and O–H groups in total. The van der Waals surface area contributed by atoms with Gasteiger partial charge < -0.3 is 59.2 Å². The highest BCUT2D eigenvalue weighted by Gasteiger charge is 2.46. The first-order valence-corrected chi connectivity index (χ1v) is 25.2. The first-order chi connectivity index (χ1) is 34.2. The summed E-state index contributed by atoms with van der Waals surface area (Å²) in [6, 6.07) is 12.1. The lowest BCUT2D eigenvalue weighted by Crippen LogP contribution is -2.55. The fraction of sp³-hybridized carbons (Fsp3) is 0.547. The molecule has 0 unspecified atom stereocenters. The highest BCUT2D eigenvalue weighted by molar-refractivity contribution is 6.07. The van der Waals surface area contributed by atoms with Gasteiger partial charge >= 0.3 is 12.2 Å². The van der Waals surface area contributed by atoms with E-state index >= 15 is 0 Å². The molecule has 0 spiro atoms. The van der Waals surface area contributed by atoms with Gasteiger partial charge in [0, 0.05) is 36.6 Å². The zero-order valence-electron chi connectivity index (χ0n) is 41.5. The van der Waals surface area contributed by atoms with E-state index in [2.05, 4.69) is 57.0 Å². The number of nitrogens with zero attached hydrogens (tertiary/aromatic N) is 4. The Morgan fingerprint density at radius 2 is 1.51 bits per heavy atom. The van der Waals surface area contributed by atoms with Crippen molar-refractivity contribution in [2.24, 2.45) is 17.8 Å². The topological polar surface area (TPSA) is 223 Å². The van der Waals surface area contributed by atoms with Crippen LogP contribution in [0.15, 0.2) is 48.7 Å². The number of fused-ring (bicyclic) bond motifs is 6. The third-order valence-corrected chi connectivity index (χ3v) is 15.6. The van der Waals surface area contributed by atoms with Gasteiger partial charge in [-0.1, -0.05) is 18.2 Å². The quantitative estimate of drug-likeness (QED) is 0.0849. The number of carbonyl (C=O) groups excluding carboxylic acids is 3. The molecule has 4 amide bonds. The van der Waals surface area contributed by atoms with Crippen LogP contribution in [0.1, 0.15) is 109 Å². The summed E-state index contributed by atoms with van der Waals surface area (Å²) in [7, 11) is 2.97. The number of imidazole rings is 2. The Labute approximate surface area is 412 Å². The van der Waals surface area contributed by atoms with Crippen LogP contribution in [-0.2, 0) is 35.1 Å². The number of carbonyl (C=O) groups is 4. The molecule has 5 aliphatic heterocycles. The van der Waals surface area contributed by atoms with E-state index < -0.39 is 24.3 Å². The Balaban J connectivity index is 0.897. The van der Waals surface area contributed by atoms with Crippen LogP contribution in [-0.4, -0.2) is 129 Å². The Bertz CT molecular complexity index is 2810. The van der Waals surface area contributed by atoms with E-state index in [4.69, 9.17) is 33.7 Å². The Kier molecular flexibility index (Phi) is 13.5. The second kappa shape index (κ2) is 19.8. The molecule has 378 valence electrons. The SMILES string of the molecule is COC[C@H]1C[C@@H](c2ncc(-c3ccc4c(c3)COc3cc5c(ccc6nc([C@@H]7CC[C@H](C)N7C(=O)[C@@H](NC(=O)O)C7C[C@@H](C)O[C@H](C)C7)[nH]c65)cc3-4)[nH]2)N(C(=O)[C@@H](NC(=O)OC)C2C[C@@H](C)O[C@H](C)C2)C1. The van der Waals surface area contributed by atoms with Crippen LogP contribution in [0.4, 0.5) is 9.59 Å². The molecule has 10 rings (SSSR count). The summed E-state index contributed by atoms with van der Waals surface area (Å²) in [4.78, 5) is 74.6. The monoisotopic (exact) mass is 974 g/mol. The zero-order valence-corrected chi connectivity index (χ0v) is 41.5. The number of amides is 4. The molecule has 0 saturated carbocycles. The average molecular weight is 975 g/mol. The number of methoxy groups -OCH3 is 2. The van der Waals surface area contributed by atoms with Crippen LogP contribution in [0.3, 0.4) is 0 Å². The van der Waals surface area contributed by atoms with Gasteiger partial charge in [-0.25, -0.2) is 19.6 Å². The van der Waals surface area contributed by atoms with E-state index in [0.717, 1.165) is 61.9 Å². The predicted molar refractivity (Wildman–Crippen MR) is 263 cm³/mol. The minimum atomic E-state index is -1.22. The largest absolute Gasteiger partial charge is 0.488 e. The number of hydrogen-bond acceptors (Lipinski definition) is 11. The summed E-state index contributed by atoms with van der Waals surface area (Å²) < 4.78 is 29.0. The van der Waals surface area contributed by atoms with E-state index in [1.807, 2.05) is 56.7 Å². The summed E-state index contributed by atoms with van der Waals surface area (Å²) in [5.41, 5.74) is 6.40. The van der Waals surface area contributed by atoms with Gasteiger partial charge in [0.15, 0.2) is 0 Å². The fourth-order valence-electron chi connectivity index (χ4n) is 12.6. The van der Waals surface area contributed by atoms with Gasteiger partial charge in [-0.05, 0) is 138 Å². The van der Waals surface area contributed by atoms with E-state index in [-0.39, 0.29) is 72.1 Å². The lowest BCUT2D eigenvalue weighted by Gasteiger charge is -2.39. The first-order valence-electron chi connectivity index (χ1n) is 25.2. The van der Waals surface area contributed by atoms with Crippen molar-refractivity contribution in [2.45, 2.75) is 141 Å². The maximum Gasteiger partial charge on any atom is 0.407 e. The summed E-state index contributed by atoms with van der Waals surface area (Å²) in [6.07, 6.45) is 4.22. The number of alkyl carbamates (subject to hydrolysis) is 1. The van der Waals surface area contributed by atoms with Gasteiger partial charge in [0.25, 0.3) is 0 Å². The van der Waals surface area contributed by atoms with Crippen LogP contribution in [0, 0.1) is 17.8 Å². The molecule has 0 radical (unpaired) electrons. The third kappa shape index (κ3) is 9.53. The standard InChI is InChI=1S/C53H66N8O10/c1-26-8-13-42(61(26)51(63)46(58-52(64)65)35-16-29(4)71-30(5)17-35)49-55-40-12-10-32-20-39-37-11-9-33(19-36(37)25-69-44(39)21-38(32)47(40)57-49)41-22-54-48(56-41)43-18-31(24-67-6)23-60(43)50(62)45(59-53(66)68-7)34-14-27(2)70-28(3)15-34/h9-12,19-22,26-31,34-35,42-43,45-46,58H,8,13-18,23-25H2,1-7H3,(H,54,56)(H,55,57)(H,59,66)(H,64,65)/t26-,27+,28+,29+,30+,31-,42-,43-,45-,46-/m0/s1. The van der Waals surface area contributed by atoms with Gasteiger partial charge in [-0.15, -0.1) is 0 Å². The normalized spacial score (nSPS) is 28.2. The lowest BCUT2D eigenvalue weighted by atomic mass is 9.85. The number of aromatic amines is 2. The molecular weight excluding hydrogens is 909 g/mol. The summed E-state index contributed by atoms with van der Waals surface area (Å²) in [5.74, 6) is 1.44. The summed E-state index contributed by atoms with van der Waals surface area (Å²) in [5, 5.41) is 17.3. The number of likely N-dealkylation sites (tertiary alicyclic amines) is 2. The maximum atomic E-state index is 14.6. The Hall–Kier alpha value is -6.24. The third-order valence-electron chi connectivity index (χ3n) is 15.6. The molecule has 4 fully saturated rings. The molecule has 0 aliphatic carbocycles. The molecular formula is C53H66N8O10. The maximum absolute atomic E-state index is 14.6. The number of aromatic nitrogens is 4. The van der Waals surface area contributed by atoms with Gasteiger partial charge in [0.2, 0.25) is 11.8 Å². The predicted octanol–water partition coefficient (Wildman–Crippen LogP) is 8.02. The molecule has 18 nitrogen and oxygen atoms in total. The average Bonchev–Trinajstić information content (AvgIpc) is 4.17. The second-order valence-electron chi connectivity index (χ2n) is 20.8. The van der Waals surface area contributed by atoms with Crippen molar-refractivity contribution in [1.82, 2.24) is 40.4 Å². The van der Waals surface area contributed by atoms with Crippen LogP contribution in [0.25, 0.3) is 44.2 Å². The second-order valence-corrected chi connectivity index (χ2v) is 20.8. The van der Waals surface area contributed by atoms with E-state index in [9.17, 15) is 24.3 Å². The first kappa shape index (κ1) is 48.4. The van der Waals surface area contributed by atoms with Gasteiger partial charge in [-0.2, -0.15) is 0 Å². The molecule has 5 aliphatic rings. The number of ether oxygens (including phenoxy) is 5. The van der Waals surface area contributed by atoms with Crippen molar-refractivity contribution in [3.05, 3.63) is 65.9 Å². The van der Waals surface area contributed by atoms with Crippen LogP contribution < -0.4 is 15.4 Å². The smallest absolute Gasteiger partial charge is 0.407 e. The van der Waals surface area contributed by atoms with Crippen molar-refractivity contribution in [3.8, 4) is 28.1 Å². The molecule has 3 aromatic carbocycles. The summed E-state index contributed by atoms with van der Waals surface area (Å²) >= 11 is 0. The van der Waals surface area contributed by atoms with Crippen molar-refractivity contribution >= 4 is 45.8 Å². The molecule has 18 heteroatoms. The fourth-order valence-corrected chi connectivity index (χ4v) is 12.6. The zero-order chi connectivity index (χ0) is 49.8. The van der Waals surface area contributed by atoms with Gasteiger partial charge in [0.05, 0.1) is 73.1 Å². The van der Waals surface area contributed by atoms with Crippen LogP contribution in [0.5, 0.6) is 5.75 Å². The van der Waals surface area contributed by atoms with Crippen molar-refractivity contribution in [1.29, 1.82) is 0 Å². The minimum absolute atomic E-state index is 0.0553. The highest BCUT2D eigenvalue weighted by atomic mass is 16.5. The molecule has 10 atom stereocenters. The summed E-state index contributed by atoms with van der Waals surface area (Å²) in [6.45, 7) is 11.2. The van der Waals surface area contributed by atoms with E-state index in [0.29, 0.717) is 69.9 Å². The van der Waals surface area contributed by atoms with E-state index in [1.165, 1.54) is 7.11 Å². The number of nitrogens with one attached hydrogen (secondary N) is 4. The van der Waals surface area contributed by atoms with Crippen LogP contribution in [0.2, 0.25) is 0 Å². The van der Waals surface area contributed by atoms with Gasteiger partial charge in [-0.3, -0.25) is 9.59 Å². The Morgan fingerprint density at radius 3 is 2.18 bits per heavy atom. The molecule has 71 heavy (non-hydrogen) atoms.